The van der Waals surface area contributed by atoms with Crippen LogP contribution in [0.2, 0.25) is 0 Å². The monoisotopic (exact) mass is 347 g/mol. The van der Waals surface area contributed by atoms with Crippen molar-refractivity contribution >= 4 is 21.8 Å². The number of aromatic nitrogens is 2. The highest BCUT2D eigenvalue weighted by atomic mass is 79.9. The third-order valence-corrected chi connectivity index (χ3v) is 4.69. The zero-order valence-corrected chi connectivity index (χ0v) is 13.6. The third kappa shape index (κ3) is 2.75. The summed E-state index contributed by atoms with van der Waals surface area (Å²) in [7, 11) is 2.03. The Morgan fingerprint density at radius 1 is 1.33 bits per heavy atom. The molecule has 0 radical (unpaired) electrons. The van der Waals surface area contributed by atoms with Crippen molar-refractivity contribution in [3.8, 4) is 0 Å². The molecule has 0 N–H and O–H groups in total. The number of likely N-dealkylation sites (tertiary alicyclic amines) is 1. The Hall–Kier alpha value is -1.62. The van der Waals surface area contributed by atoms with Crippen molar-refractivity contribution in [2.75, 3.05) is 6.54 Å². The molecular weight excluding hydrogens is 330 g/mol. The molecule has 3 heterocycles. The summed E-state index contributed by atoms with van der Waals surface area (Å²) in [6.45, 7) is 0.789. The summed E-state index contributed by atoms with van der Waals surface area (Å²) >= 11 is 3.43. The predicted octanol–water partition coefficient (Wildman–Crippen LogP) is 3.55. The van der Waals surface area contributed by atoms with Crippen LogP contribution < -0.4 is 0 Å². The van der Waals surface area contributed by atoms with E-state index in [1.807, 2.05) is 36.3 Å². The summed E-state index contributed by atoms with van der Waals surface area (Å²) in [5.74, 6) is 0.00775. The standard InChI is InChI=1S/C16H18BrN3O/c1-19-10-5-8-13(19)14-7-2-3-11-20(14)16(21)15-12(17)6-4-9-18-15/h4-6,8-10,14H,2-3,7,11H2,1H3. The molecule has 1 aliphatic rings. The highest BCUT2D eigenvalue weighted by Gasteiger charge is 2.31. The van der Waals surface area contributed by atoms with Crippen molar-refractivity contribution in [1.82, 2.24) is 14.5 Å². The zero-order chi connectivity index (χ0) is 14.8. The fraction of sp³-hybridized carbons (Fsp3) is 0.375. The topological polar surface area (TPSA) is 38.1 Å². The van der Waals surface area contributed by atoms with Gasteiger partial charge in [0.2, 0.25) is 0 Å². The van der Waals surface area contributed by atoms with Gasteiger partial charge in [0, 0.05) is 36.2 Å². The highest BCUT2D eigenvalue weighted by molar-refractivity contribution is 9.10. The van der Waals surface area contributed by atoms with Gasteiger partial charge in [0.15, 0.2) is 0 Å². The first-order valence-electron chi connectivity index (χ1n) is 7.21. The number of piperidine rings is 1. The molecule has 0 spiro atoms. The molecule has 1 atom stereocenters. The molecule has 110 valence electrons. The Morgan fingerprint density at radius 3 is 2.90 bits per heavy atom. The van der Waals surface area contributed by atoms with E-state index in [-0.39, 0.29) is 11.9 Å². The van der Waals surface area contributed by atoms with Crippen LogP contribution in [-0.4, -0.2) is 26.9 Å². The van der Waals surface area contributed by atoms with Crippen LogP contribution in [0.1, 0.15) is 41.5 Å². The molecule has 21 heavy (non-hydrogen) atoms. The van der Waals surface area contributed by atoms with Crippen LogP contribution in [0, 0.1) is 0 Å². The van der Waals surface area contributed by atoms with E-state index in [9.17, 15) is 4.79 Å². The minimum Gasteiger partial charge on any atom is -0.353 e. The minimum absolute atomic E-state index is 0.00775. The zero-order valence-electron chi connectivity index (χ0n) is 12.0. The summed E-state index contributed by atoms with van der Waals surface area (Å²) in [4.78, 5) is 19.1. The normalized spacial score (nSPS) is 18.8. The lowest BCUT2D eigenvalue weighted by molar-refractivity contribution is 0.0595. The molecule has 0 aromatic carbocycles. The summed E-state index contributed by atoms with van der Waals surface area (Å²) in [5, 5.41) is 0. The number of hydrogen-bond donors (Lipinski definition) is 0. The fourth-order valence-electron chi connectivity index (χ4n) is 2.98. The predicted molar refractivity (Wildman–Crippen MR) is 85.0 cm³/mol. The van der Waals surface area contributed by atoms with Gasteiger partial charge in [0.05, 0.1) is 6.04 Å². The van der Waals surface area contributed by atoms with E-state index in [4.69, 9.17) is 0 Å². The quantitative estimate of drug-likeness (QED) is 0.833. The van der Waals surface area contributed by atoms with E-state index in [2.05, 4.69) is 31.5 Å². The number of rotatable bonds is 2. The summed E-state index contributed by atoms with van der Waals surface area (Å²) < 4.78 is 2.86. The lowest BCUT2D eigenvalue weighted by Gasteiger charge is -2.36. The van der Waals surface area contributed by atoms with Gasteiger partial charge < -0.3 is 9.47 Å². The van der Waals surface area contributed by atoms with Gasteiger partial charge in [-0.15, -0.1) is 0 Å². The highest BCUT2D eigenvalue weighted by Crippen LogP contribution is 2.32. The molecule has 4 nitrogen and oxygen atoms in total. The van der Waals surface area contributed by atoms with Crippen molar-refractivity contribution < 1.29 is 4.79 Å². The minimum atomic E-state index is 0.00775. The number of carbonyl (C=O) groups is 1. The van der Waals surface area contributed by atoms with Gasteiger partial charge in [0.25, 0.3) is 5.91 Å². The van der Waals surface area contributed by atoms with E-state index in [1.54, 1.807) is 6.20 Å². The second kappa shape index (κ2) is 6.02. The Balaban J connectivity index is 1.93. The molecule has 2 aromatic heterocycles. The number of carbonyl (C=O) groups excluding carboxylic acids is 1. The first-order chi connectivity index (χ1) is 10.2. The molecule has 1 fully saturated rings. The van der Waals surface area contributed by atoms with E-state index >= 15 is 0 Å². The number of nitrogens with zero attached hydrogens (tertiary/aromatic N) is 3. The molecule has 3 rings (SSSR count). The van der Waals surface area contributed by atoms with Crippen molar-refractivity contribution in [2.24, 2.45) is 7.05 Å². The Labute approximate surface area is 132 Å². The van der Waals surface area contributed by atoms with Crippen molar-refractivity contribution in [1.29, 1.82) is 0 Å². The van der Waals surface area contributed by atoms with Crippen LogP contribution in [0.25, 0.3) is 0 Å². The number of halogens is 1. The van der Waals surface area contributed by atoms with Crippen LogP contribution >= 0.6 is 15.9 Å². The summed E-state index contributed by atoms with van der Waals surface area (Å²) in [5.41, 5.74) is 1.69. The van der Waals surface area contributed by atoms with Gasteiger partial charge >= 0.3 is 0 Å². The van der Waals surface area contributed by atoms with Crippen molar-refractivity contribution in [2.45, 2.75) is 25.3 Å². The average molecular weight is 348 g/mol. The first kappa shape index (κ1) is 14.3. The molecule has 2 aromatic rings. The number of aryl methyl sites for hydroxylation is 1. The van der Waals surface area contributed by atoms with Crippen molar-refractivity contribution in [3.63, 3.8) is 0 Å². The summed E-state index contributed by atoms with van der Waals surface area (Å²) in [6.07, 6.45) is 6.91. The largest absolute Gasteiger partial charge is 0.353 e. The SMILES string of the molecule is Cn1cccc1C1CCCCN1C(=O)c1ncccc1Br. The maximum absolute atomic E-state index is 12.9. The van der Waals surface area contributed by atoms with Gasteiger partial charge in [-0.3, -0.25) is 4.79 Å². The molecule has 1 amide bonds. The number of amides is 1. The molecule has 0 saturated carbocycles. The van der Waals surface area contributed by atoms with Gasteiger partial charge in [-0.2, -0.15) is 0 Å². The average Bonchev–Trinajstić information content (AvgIpc) is 2.93. The first-order valence-corrected chi connectivity index (χ1v) is 8.00. The lowest BCUT2D eigenvalue weighted by Crippen LogP contribution is -2.39. The van der Waals surface area contributed by atoms with Gasteiger partial charge in [-0.1, -0.05) is 0 Å². The van der Waals surface area contributed by atoms with Gasteiger partial charge in [0.1, 0.15) is 5.69 Å². The third-order valence-electron chi connectivity index (χ3n) is 4.05. The molecule has 5 heteroatoms. The molecule has 1 aliphatic heterocycles. The molecule has 1 unspecified atom stereocenters. The second-order valence-electron chi connectivity index (χ2n) is 5.39. The van der Waals surface area contributed by atoms with E-state index in [0.29, 0.717) is 5.69 Å². The molecule has 1 saturated heterocycles. The Morgan fingerprint density at radius 2 is 2.19 bits per heavy atom. The summed E-state index contributed by atoms with van der Waals surface area (Å²) in [6, 6.07) is 7.96. The van der Waals surface area contributed by atoms with E-state index in [0.717, 1.165) is 30.3 Å². The van der Waals surface area contributed by atoms with Crippen molar-refractivity contribution in [3.05, 3.63) is 52.5 Å². The van der Waals surface area contributed by atoms with Gasteiger partial charge in [-0.25, -0.2) is 4.98 Å². The van der Waals surface area contributed by atoms with Crippen LogP contribution in [0.15, 0.2) is 41.1 Å². The maximum atomic E-state index is 12.9. The Kier molecular flexibility index (Phi) is 4.10. The molecular formula is C16H18BrN3O. The van der Waals surface area contributed by atoms with Crippen LogP contribution in [0.5, 0.6) is 0 Å². The molecule has 0 bridgehead atoms. The van der Waals surface area contributed by atoms with Crippen LogP contribution in [0.4, 0.5) is 0 Å². The Bertz CT molecular complexity index is 652. The second-order valence-corrected chi connectivity index (χ2v) is 6.24. The van der Waals surface area contributed by atoms with E-state index in [1.165, 1.54) is 5.69 Å². The maximum Gasteiger partial charge on any atom is 0.274 e. The van der Waals surface area contributed by atoms with Crippen LogP contribution in [-0.2, 0) is 7.05 Å². The number of hydrogen-bond acceptors (Lipinski definition) is 2. The van der Waals surface area contributed by atoms with Crippen LogP contribution in [0.3, 0.4) is 0 Å². The van der Waals surface area contributed by atoms with Gasteiger partial charge in [-0.05, 0) is 59.5 Å². The number of pyridine rings is 1. The van der Waals surface area contributed by atoms with E-state index < -0.39 is 0 Å². The fourth-order valence-corrected chi connectivity index (χ4v) is 3.41. The lowest BCUT2D eigenvalue weighted by atomic mass is 9.98. The molecule has 0 aliphatic carbocycles. The smallest absolute Gasteiger partial charge is 0.274 e.